The predicted octanol–water partition coefficient (Wildman–Crippen LogP) is 7.12. The monoisotopic (exact) mass is 786 g/mol. The van der Waals surface area contributed by atoms with Crippen LogP contribution in [0.3, 0.4) is 0 Å². The minimum atomic E-state index is 0.0270. The molecule has 7 rings (SSSR count). The second kappa shape index (κ2) is 21.3. The molecule has 0 saturated carbocycles. The van der Waals surface area contributed by atoms with Crippen LogP contribution >= 0.6 is 11.6 Å². The van der Waals surface area contributed by atoms with Crippen molar-refractivity contribution in [1.82, 2.24) is 0 Å². The molecule has 3 aliphatic rings. The fourth-order valence-electron chi connectivity index (χ4n) is 5.91. The molecule has 13 nitrogen and oxygen atoms in total. The summed E-state index contributed by atoms with van der Waals surface area (Å²) < 4.78 is 38.5. The number of halogens is 1. The van der Waals surface area contributed by atoms with Crippen LogP contribution in [0, 0.1) is 0 Å². The summed E-state index contributed by atoms with van der Waals surface area (Å²) >= 11 is 5.88. The van der Waals surface area contributed by atoms with Crippen molar-refractivity contribution in [2.75, 3.05) is 19.8 Å². The molecule has 0 radical (unpaired) electrons. The van der Waals surface area contributed by atoms with Gasteiger partial charge in [-0.05, 0) is 87.5 Å². The Hall–Kier alpha value is -5.82. The lowest BCUT2D eigenvalue weighted by Gasteiger charge is -2.16. The Labute approximate surface area is 333 Å². The molecular formula is C42H51ClN6O7. The number of benzene rings is 4. The standard InChI is InChI=1S/C18H20N2O3.C12H15ClN2O2.C12H16N2O2/c1-13(11-14-12-21-18(19)20-14)22-16-7-9-17(10-8-16)23-15-5-3-2-4-6-15;1-8(5-10-7-16-12(14)15-10)17-11-4-2-3-9(13)6-11;1-9(7-10-8-15-12(13)14-10)16-11-5-3-2-4-6-11/h2-10,13-14H,11-12H2,1H3,(H2,19,20);2-4,6,8,10H,5,7H2,1H3,(H2,14,15);2-6,9-10H,7-8H2,1H3,(H2,13,14)/t13-,14-;8-,10+;9-,10-/m010/s1. The topological polar surface area (TPSA) is 180 Å². The van der Waals surface area contributed by atoms with E-state index in [0.29, 0.717) is 24.8 Å². The molecule has 14 heteroatoms. The summed E-state index contributed by atoms with van der Waals surface area (Å²) in [7, 11) is 0. The van der Waals surface area contributed by atoms with Crippen LogP contribution in [0.2, 0.25) is 5.02 Å². The molecule has 0 unspecified atom stereocenters. The molecule has 4 aromatic carbocycles. The van der Waals surface area contributed by atoms with Crippen LogP contribution in [0.5, 0.6) is 28.7 Å². The van der Waals surface area contributed by atoms with E-state index in [1.165, 1.54) is 0 Å². The first-order chi connectivity index (χ1) is 27.1. The zero-order valence-corrected chi connectivity index (χ0v) is 32.7. The van der Waals surface area contributed by atoms with Crippen molar-refractivity contribution in [3.63, 3.8) is 0 Å². The molecule has 0 fully saturated rings. The minimum absolute atomic E-state index is 0.0270. The quantitative estimate of drug-likeness (QED) is 0.119. The van der Waals surface area contributed by atoms with Gasteiger partial charge in [0, 0.05) is 24.3 Å². The summed E-state index contributed by atoms with van der Waals surface area (Å²) in [6.07, 6.45) is 2.52. The summed E-state index contributed by atoms with van der Waals surface area (Å²) in [4.78, 5) is 12.5. The second-order valence-corrected chi connectivity index (χ2v) is 13.9. The fraction of sp³-hybridized carbons (Fsp3) is 0.357. The van der Waals surface area contributed by atoms with Crippen LogP contribution in [0.25, 0.3) is 0 Å². The van der Waals surface area contributed by atoms with Gasteiger partial charge in [0.15, 0.2) is 0 Å². The maximum absolute atomic E-state index is 5.90. The first kappa shape index (κ1) is 41.3. The molecule has 4 aromatic rings. The van der Waals surface area contributed by atoms with Crippen molar-refractivity contribution >= 4 is 29.7 Å². The number of aliphatic imine (C=N–C) groups is 3. The van der Waals surface area contributed by atoms with Gasteiger partial charge in [-0.3, -0.25) is 0 Å². The van der Waals surface area contributed by atoms with E-state index in [9.17, 15) is 0 Å². The molecule has 3 aliphatic heterocycles. The zero-order valence-electron chi connectivity index (χ0n) is 31.9. The van der Waals surface area contributed by atoms with Crippen LogP contribution in [-0.2, 0) is 14.2 Å². The maximum Gasteiger partial charge on any atom is 0.282 e. The summed E-state index contributed by atoms with van der Waals surface area (Å²) in [5, 5.41) is 0.668. The Bertz CT molecular complexity index is 1870. The first-order valence-corrected chi connectivity index (χ1v) is 19.0. The van der Waals surface area contributed by atoms with Crippen LogP contribution in [0.4, 0.5) is 0 Å². The van der Waals surface area contributed by atoms with Crippen LogP contribution < -0.4 is 36.1 Å². The Balaban J connectivity index is 0.000000164. The van der Waals surface area contributed by atoms with E-state index in [0.717, 1.165) is 48.0 Å². The van der Waals surface area contributed by atoms with Gasteiger partial charge in [-0.25, -0.2) is 15.0 Å². The fourth-order valence-corrected chi connectivity index (χ4v) is 6.09. The molecule has 0 saturated heterocycles. The molecule has 0 amide bonds. The van der Waals surface area contributed by atoms with Gasteiger partial charge in [0.25, 0.3) is 18.1 Å². The number of amidine groups is 3. The normalized spacial score (nSPS) is 19.6. The molecule has 0 spiro atoms. The Kier molecular flexibility index (Phi) is 15.7. The third-order valence-electron chi connectivity index (χ3n) is 8.37. The largest absolute Gasteiger partial charge is 0.491 e. The highest BCUT2D eigenvalue weighted by Gasteiger charge is 2.22. The number of hydrogen-bond acceptors (Lipinski definition) is 13. The number of ether oxygens (including phenoxy) is 7. The average molecular weight is 787 g/mol. The van der Waals surface area contributed by atoms with E-state index >= 15 is 0 Å². The van der Waals surface area contributed by atoms with Crippen molar-refractivity contribution in [3.05, 3.63) is 114 Å². The van der Waals surface area contributed by atoms with Gasteiger partial charge in [0.05, 0.1) is 36.4 Å². The number of nitrogens with zero attached hydrogens (tertiary/aromatic N) is 3. The smallest absolute Gasteiger partial charge is 0.282 e. The number of nitrogens with two attached hydrogens (primary N) is 3. The van der Waals surface area contributed by atoms with Gasteiger partial charge in [-0.2, -0.15) is 0 Å². The van der Waals surface area contributed by atoms with Crippen LogP contribution in [0.15, 0.2) is 124 Å². The molecule has 56 heavy (non-hydrogen) atoms. The molecular weight excluding hydrogens is 736 g/mol. The third kappa shape index (κ3) is 14.8. The van der Waals surface area contributed by atoms with Crippen molar-refractivity contribution in [2.45, 2.75) is 76.5 Å². The minimum Gasteiger partial charge on any atom is -0.491 e. The maximum atomic E-state index is 5.90. The SMILES string of the molecule is C[C@@H](C[C@H]1COC(N)=N1)Oc1ccc(Oc2ccccc2)cc1.C[C@@H](C[C@H]1COC(N)=N1)Oc1ccccc1.C[C@H](C[C@H]1COC(N)=N1)Oc1cccc(Cl)c1. The molecule has 298 valence electrons. The van der Waals surface area contributed by atoms with Crippen LogP contribution in [-0.4, -0.2) is 74.3 Å². The van der Waals surface area contributed by atoms with Gasteiger partial charge in [-0.15, -0.1) is 0 Å². The van der Waals surface area contributed by atoms with E-state index in [4.69, 9.17) is 62.0 Å². The van der Waals surface area contributed by atoms with E-state index in [1.807, 2.05) is 124 Å². The lowest BCUT2D eigenvalue weighted by molar-refractivity contribution is 0.189. The van der Waals surface area contributed by atoms with E-state index in [1.54, 1.807) is 6.07 Å². The van der Waals surface area contributed by atoms with Gasteiger partial charge in [-0.1, -0.05) is 54.1 Å². The van der Waals surface area contributed by atoms with E-state index < -0.39 is 0 Å². The van der Waals surface area contributed by atoms with Gasteiger partial charge in [0.2, 0.25) is 0 Å². The summed E-state index contributed by atoms with van der Waals surface area (Å²) in [5.74, 6) is 4.03. The summed E-state index contributed by atoms with van der Waals surface area (Å²) in [5.41, 5.74) is 16.4. The third-order valence-corrected chi connectivity index (χ3v) is 8.60. The highest BCUT2D eigenvalue weighted by Crippen LogP contribution is 2.25. The Morgan fingerprint density at radius 1 is 0.518 bits per heavy atom. The van der Waals surface area contributed by atoms with E-state index in [2.05, 4.69) is 15.0 Å². The highest BCUT2D eigenvalue weighted by atomic mass is 35.5. The van der Waals surface area contributed by atoms with Gasteiger partial charge >= 0.3 is 0 Å². The highest BCUT2D eigenvalue weighted by molar-refractivity contribution is 6.30. The van der Waals surface area contributed by atoms with Crippen molar-refractivity contribution in [1.29, 1.82) is 0 Å². The van der Waals surface area contributed by atoms with Gasteiger partial charge < -0.3 is 50.4 Å². The van der Waals surface area contributed by atoms with Crippen molar-refractivity contribution in [2.24, 2.45) is 32.2 Å². The van der Waals surface area contributed by atoms with Crippen LogP contribution in [0.1, 0.15) is 40.0 Å². The number of para-hydroxylation sites is 2. The van der Waals surface area contributed by atoms with E-state index in [-0.39, 0.29) is 54.5 Å². The Morgan fingerprint density at radius 2 is 0.875 bits per heavy atom. The average Bonchev–Trinajstić information content (AvgIpc) is 3.90. The Morgan fingerprint density at radius 3 is 1.29 bits per heavy atom. The molecule has 6 atom stereocenters. The molecule has 0 bridgehead atoms. The lowest BCUT2D eigenvalue weighted by atomic mass is 10.1. The van der Waals surface area contributed by atoms with Crippen molar-refractivity contribution < 1.29 is 33.2 Å². The first-order valence-electron chi connectivity index (χ1n) is 18.6. The zero-order chi connectivity index (χ0) is 39.7. The predicted molar refractivity (Wildman–Crippen MR) is 219 cm³/mol. The number of rotatable bonds is 14. The lowest BCUT2D eigenvalue weighted by Crippen LogP contribution is -2.20. The molecule has 6 N–H and O–H groups in total. The van der Waals surface area contributed by atoms with Gasteiger partial charge in [0.1, 0.15) is 48.6 Å². The summed E-state index contributed by atoms with van der Waals surface area (Å²) in [6.45, 7) is 7.66. The second-order valence-electron chi connectivity index (χ2n) is 13.4. The molecule has 0 aromatic heterocycles. The number of hydrogen-bond donors (Lipinski definition) is 3. The van der Waals surface area contributed by atoms with Crippen molar-refractivity contribution in [3.8, 4) is 28.7 Å². The molecule has 0 aliphatic carbocycles. The molecule has 3 heterocycles. The summed E-state index contributed by atoms with van der Waals surface area (Å²) in [6, 6.07) is 35.5.